The van der Waals surface area contributed by atoms with E-state index in [0.29, 0.717) is 16.2 Å². The van der Waals surface area contributed by atoms with Crippen LogP contribution in [0.2, 0.25) is 0 Å². The van der Waals surface area contributed by atoms with Gasteiger partial charge in [0.25, 0.3) is 5.56 Å². The van der Waals surface area contributed by atoms with Crippen molar-refractivity contribution < 1.29 is 4.79 Å². The third-order valence-electron chi connectivity index (χ3n) is 4.57. The number of benzene rings is 2. The van der Waals surface area contributed by atoms with E-state index in [0.717, 1.165) is 29.5 Å². The van der Waals surface area contributed by atoms with Crippen molar-refractivity contribution in [1.29, 1.82) is 0 Å². The molecule has 0 saturated heterocycles. The van der Waals surface area contributed by atoms with Crippen LogP contribution in [-0.4, -0.2) is 20.4 Å². The van der Waals surface area contributed by atoms with Gasteiger partial charge in [-0.1, -0.05) is 42.9 Å². The Balaban J connectivity index is 1.54. The number of amides is 1. The lowest BCUT2D eigenvalue weighted by molar-refractivity contribution is -0.116. The van der Waals surface area contributed by atoms with E-state index >= 15 is 0 Å². The van der Waals surface area contributed by atoms with Crippen LogP contribution < -0.4 is 10.9 Å². The summed E-state index contributed by atoms with van der Waals surface area (Å²) in [6.45, 7) is 2.09. The molecule has 0 radical (unpaired) electrons. The fourth-order valence-electron chi connectivity index (χ4n) is 3.14. The van der Waals surface area contributed by atoms with Gasteiger partial charge in [-0.05, 0) is 42.7 Å². The van der Waals surface area contributed by atoms with Gasteiger partial charge >= 0.3 is 0 Å². The summed E-state index contributed by atoms with van der Waals surface area (Å²) in [4.78, 5) is 33.3. The number of unbranched alkanes of at least 4 members (excludes halogenated alkanes) is 1. The zero-order chi connectivity index (χ0) is 19.5. The Labute approximate surface area is 165 Å². The van der Waals surface area contributed by atoms with Gasteiger partial charge in [0.1, 0.15) is 6.54 Å². The monoisotopic (exact) mass is 392 g/mol. The predicted molar refractivity (Wildman–Crippen MR) is 113 cm³/mol. The van der Waals surface area contributed by atoms with Crippen LogP contribution in [0.15, 0.2) is 53.5 Å². The van der Waals surface area contributed by atoms with Crippen molar-refractivity contribution in [2.75, 3.05) is 5.32 Å². The van der Waals surface area contributed by atoms with E-state index in [-0.39, 0.29) is 18.0 Å². The Morgan fingerprint density at radius 3 is 2.89 bits per heavy atom. The molecule has 2 aromatic carbocycles. The molecule has 0 saturated carbocycles. The molecular formula is C21H20N4O2S. The Morgan fingerprint density at radius 1 is 1.18 bits per heavy atom. The fraction of sp³-hybridized carbons (Fsp3) is 0.238. The smallest absolute Gasteiger partial charge is 0.269 e. The van der Waals surface area contributed by atoms with Crippen molar-refractivity contribution in [2.24, 2.45) is 0 Å². The number of anilines is 1. The molecule has 28 heavy (non-hydrogen) atoms. The van der Waals surface area contributed by atoms with E-state index < -0.39 is 0 Å². The highest BCUT2D eigenvalue weighted by Crippen LogP contribution is 2.27. The fourth-order valence-corrected chi connectivity index (χ4v) is 4.08. The summed E-state index contributed by atoms with van der Waals surface area (Å²) >= 11 is 1.45. The molecule has 4 aromatic rings. The standard InChI is InChI=1S/C21H20N4O2S/c1-2-3-6-14-9-10-16-18(11-14)28-21(23-16)24-19(26)13-25-17-8-5-4-7-15(17)22-12-20(25)27/h4-5,7-12H,2-3,6,13H2,1H3,(H,23,24,26). The van der Waals surface area contributed by atoms with Gasteiger partial charge in [-0.2, -0.15) is 0 Å². The largest absolute Gasteiger partial charge is 0.300 e. The molecule has 6 nitrogen and oxygen atoms in total. The lowest BCUT2D eigenvalue weighted by atomic mass is 10.1. The first-order chi connectivity index (χ1) is 13.6. The second kappa shape index (κ2) is 7.90. The highest BCUT2D eigenvalue weighted by molar-refractivity contribution is 7.22. The zero-order valence-electron chi connectivity index (χ0n) is 15.5. The first-order valence-electron chi connectivity index (χ1n) is 9.28. The maximum Gasteiger partial charge on any atom is 0.269 e. The molecule has 0 bridgehead atoms. The summed E-state index contributed by atoms with van der Waals surface area (Å²) in [7, 11) is 0. The van der Waals surface area contributed by atoms with Crippen LogP contribution in [0.1, 0.15) is 25.3 Å². The molecule has 142 valence electrons. The third-order valence-corrected chi connectivity index (χ3v) is 5.51. The van der Waals surface area contributed by atoms with Crippen LogP contribution in [0.5, 0.6) is 0 Å². The summed E-state index contributed by atoms with van der Waals surface area (Å²) < 4.78 is 2.48. The molecule has 7 heteroatoms. The van der Waals surface area contributed by atoms with Crippen LogP contribution in [0, 0.1) is 0 Å². The number of carbonyl (C=O) groups is 1. The average Bonchev–Trinajstić information content (AvgIpc) is 3.10. The van der Waals surface area contributed by atoms with Gasteiger partial charge in [0.2, 0.25) is 5.91 Å². The minimum absolute atomic E-state index is 0.0838. The first kappa shape index (κ1) is 18.3. The van der Waals surface area contributed by atoms with E-state index in [2.05, 4.69) is 34.3 Å². The van der Waals surface area contributed by atoms with Crippen molar-refractivity contribution >= 4 is 43.6 Å². The van der Waals surface area contributed by atoms with E-state index in [1.807, 2.05) is 24.3 Å². The van der Waals surface area contributed by atoms with Gasteiger partial charge in [-0.3, -0.25) is 14.2 Å². The number of thiazole rings is 1. The highest BCUT2D eigenvalue weighted by atomic mass is 32.1. The van der Waals surface area contributed by atoms with Crippen LogP contribution >= 0.6 is 11.3 Å². The number of aromatic nitrogens is 3. The Kier molecular flexibility index (Phi) is 5.16. The average molecular weight is 392 g/mol. The van der Waals surface area contributed by atoms with Crippen LogP contribution in [-0.2, 0) is 17.8 Å². The zero-order valence-corrected chi connectivity index (χ0v) is 16.3. The van der Waals surface area contributed by atoms with Crippen LogP contribution in [0.3, 0.4) is 0 Å². The molecule has 0 aliphatic carbocycles. The molecule has 4 rings (SSSR count). The minimum Gasteiger partial charge on any atom is -0.300 e. The summed E-state index contributed by atoms with van der Waals surface area (Å²) in [5.74, 6) is -0.288. The second-order valence-electron chi connectivity index (χ2n) is 6.64. The van der Waals surface area contributed by atoms with Gasteiger partial charge in [0, 0.05) is 0 Å². The van der Waals surface area contributed by atoms with Gasteiger partial charge in [0.15, 0.2) is 5.13 Å². The quantitative estimate of drug-likeness (QED) is 0.538. The van der Waals surface area contributed by atoms with Crippen molar-refractivity contribution in [3.63, 3.8) is 0 Å². The molecule has 2 aromatic heterocycles. The summed E-state index contributed by atoms with van der Waals surface area (Å²) in [6.07, 6.45) is 4.60. The molecule has 0 atom stereocenters. The van der Waals surface area contributed by atoms with Crippen LogP contribution in [0.4, 0.5) is 5.13 Å². The Bertz CT molecular complexity index is 1210. The van der Waals surface area contributed by atoms with Crippen molar-refractivity contribution in [2.45, 2.75) is 32.7 Å². The van der Waals surface area contributed by atoms with Gasteiger partial charge in [-0.25, -0.2) is 9.97 Å². The molecule has 0 spiro atoms. The lowest BCUT2D eigenvalue weighted by Gasteiger charge is -2.08. The topological polar surface area (TPSA) is 76.9 Å². The third kappa shape index (κ3) is 3.80. The van der Waals surface area contributed by atoms with E-state index in [1.54, 1.807) is 6.07 Å². The van der Waals surface area contributed by atoms with Crippen molar-refractivity contribution in [1.82, 2.24) is 14.5 Å². The highest BCUT2D eigenvalue weighted by Gasteiger charge is 2.12. The summed E-state index contributed by atoms with van der Waals surface area (Å²) in [6, 6.07) is 13.5. The van der Waals surface area contributed by atoms with Gasteiger partial charge in [0.05, 0.1) is 27.4 Å². The maximum absolute atomic E-state index is 12.5. The first-order valence-corrected chi connectivity index (χ1v) is 10.1. The second-order valence-corrected chi connectivity index (χ2v) is 7.67. The Hall–Kier alpha value is -3.06. The predicted octanol–water partition coefficient (Wildman–Crippen LogP) is 3.99. The molecule has 0 unspecified atom stereocenters. The van der Waals surface area contributed by atoms with E-state index in [9.17, 15) is 9.59 Å². The van der Waals surface area contributed by atoms with Crippen molar-refractivity contribution in [3.8, 4) is 0 Å². The number of aryl methyl sites for hydroxylation is 1. The minimum atomic E-state index is -0.307. The van der Waals surface area contributed by atoms with Gasteiger partial charge < -0.3 is 5.32 Å². The summed E-state index contributed by atoms with van der Waals surface area (Å²) in [5, 5.41) is 3.36. The summed E-state index contributed by atoms with van der Waals surface area (Å²) in [5.41, 5.74) is 3.15. The van der Waals surface area contributed by atoms with E-state index in [4.69, 9.17) is 0 Å². The number of fused-ring (bicyclic) bond motifs is 2. The molecule has 0 aliphatic heterocycles. The number of para-hydroxylation sites is 2. The Morgan fingerprint density at radius 2 is 2.04 bits per heavy atom. The molecule has 1 N–H and O–H groups in total. The number of hydrogen-bond acceptors (Lipinski definition) is 5. The molecule has 1 amide bonds. The molecule has 2 heterocycles. The number of nitrogens with one attached hydrogen (secondary N) is 1. The number of carbonyl (C=O) groups excluding carboxylic acids is 1. The number of hydrogen-bond donors (Lipinski definition) is 1. The SMILES string of the molecule is CCCCc1ccc2nc(NC(=O)Cn3c(=O)cnc4ccccc43)sc2c1. The molecule has 0 aliphatic rings. The normalized spacial score (nSPS) is 11.2. The number of nitrogens with zero attached hydrogens (tertiary/aromatic N) is 3. The van der Waals surface area contributed by atoms with E-state index in [1.165, 1.54) is 27.7 Å². The lowest BCUT2D eigenvalue weighted by Crippen LogP contribution is -2.27. The van der Waals surface area contributed by atoms with Gasteiger partial charge in [-0.15, -0.1) is 0 Å². The number of rotatable bonds is 6. The molecule has 0 fully saturated rings. The van der Waals surface area contributed by atoms with Crippen molar-refractivity contribution in [3.05, 3.63) is 64.6 Å². The molecular weight excluding hydrogens is 372 g/mol. The van der Waals surface area contributed by atoms with Crippen LogP contribution in [0.25, 0.3) is 21.3 Å². The maximum atomic E-state index is 12.5.